The molecule has 2 atom stereocenters. The Hall–Kier alpha value is -4.07. The van der Waals surface area contributed by atoms with Crippen LogP contribution in [-0.4, -0.2) is 82.5 Å². The fourth-order valence-electron chi connectivity index (χ4n) is 4.95. The molecule has 4 amide bonds. The molecule has 3 N–H and O–H groups in total. The van der Waals surface area contributed by atoms with Crippen molar-refractivity contribution < 1.29 is 32.8 Å². The lowest BCUT2D eigenvalue weighted by molar-refractivity contribution is -0.142. The fourth-order valence-corrected chi connectivity index (χ4v) is 7.76. The van der Waals surface area contributed by atoms with E-state index in [0.717, 1.165) is 9.79 Å². The Labute approximate surface area is 314 Å². The van der Waals surface area contributed by atoms with Gasteiger partial charge in [0, 0.05) is 28.7 Å². The Kier molecular flexibility index (Phi) is 16.5. The predicted octanol–water partition coefficient (Wildman–Crippen LogP) is 6.01. The number of hydrogen-bond donors (Lipinski definition) is 3. The molecule has 0 saturated heterocycles. The van der Waals surface area contributed by atoms with Gasteiger partial charge < -0.3 is 29.9 Å². The maximum Gasteiger partial charge on any atom is 0.452 e. The largest absolute Gasteiger partial charge is 0.452 e. The molecule has 3 rings (SSSR count). The zero-order valence-corrected chi connectivity index (χ0v) is 33.2. The van der Waals surface area contributed by atoms with Crippen LogP contribution in [0, 0.1) is 5.41 Å². The third-order valence-corrected chi connectivity index (χ3v) is 11.2. The summed E-state index contributed by atoms with van der Waals surface area (Å²) in [6.45, 7) is 8.56. The predicted molar refractivity (Wildman–Crippen MR) is 205 cm³/mol. The number of nitrogens with one attached hydrogen (secondary N) is 3. The van der Waals surface area contributed by atoms with Crippen LogP contribution in [0.4, 0.5) is 0 Å². The second-order valence-corrected chi connectivity index (χ2v) is 16.7. The Morgan fingerprint density at radius 1 is 0.846 bits per heavy atom. The minimum Gasteiger partial charge on any atom is -0.415 e. The van der Waals surface area contributed by atoms with Crippen LogP contribution in [0.25, 0.3) is 0 Å². The third-order valence-electron chi connectivity index (χ3n) is 7.62. The highest BCUT2D eigenvalue weighted by Gasteiger charge is 2.41. The normalized spacial score (nSPS) is 12.6. The first kappa shape index (κ1) is 42.3. The summed E-state index contributed by atoms with van der Waals surface area (Å²) in [5.41, 5.74) is -0.716. The van der Waals surface area contributed by atoms with Gasteiger partial charge >= 0.3 is 7.60 Å². The fraction of sp³-hybridized carbons (Fsp3) is 0.444. The number of thioether (sulfide) groups is 2. The number of benzene rings is 2. The lowest BCUT2D eigenvalue weighted by Crippen LogP contribution is -2.57. The summed E-state index contributed by atoms with van der Waals surface area (Å²) in [7, 11) is -4.13. The van der Waals surface area contributed by atoms with E-state index in [4.69, 9.17) is 9.05 Å². The monoisotopic (exact) mass is 772 g/mol. The topological polar surface area (TPSA) is 169 Å². The molecule has 16 heteroatoms. The van der Waals surface area contributed by atoms with Gasteiger partial charge in [-0.15, -0.1) is 23.5 Å². The van der Waals surface area contributed by atoms with E-state index in [9.17, 15) is 23.7 Å². The summed E-state index contributed by atoms with van der Waals surface area (Å²) in [5, 5.41) is 8.07. The van der Waals surface area contributed by atoms with E-state index in [2.05, 4.69) is 25.9 Å². The van der Waals surface area contributed by atoms with Crippen LogP contribution in [0.15, 0.2) is 76.9 Å². The highest BCUT2D eigenvalue weighted by atomic mass is 32.2. The minimum atomic E-state index is -4.13. The van der Waals surface area contributed by atoms with E-state index in [-0.39, 0.29) is 25.2 Å². The summed E-state index contributed by atoms with van der Waals surface area (Å²) >= 11 is 3.11. The standard InChI is InChI=1S/C36H49N6O7PS2/c1-8-10-32(50(47,48-25-11-15-27(51-6)16-12-25)49-26-13-17-28(52-7)18-14-26)40-31(44)24-42(21-9-2)35(46)33(36(3,4)5)41-30(43)23-39-34(45)29-22-37-19-20-38-29/h11-20,22,32-33H,8-10,21,23-24H2,1-7H3,(H,39,45)(H,40,44)(H,41,43)/t32-,33-/m1/s1. The van der Waals surface area contributed by atoms with Crippen molar-refractivity contribution in [2.24, 2.45) is 5.41 Å². The number of aromatic nitrogens is 2. The maximum atomic E-state index is 14.8. The maximum absolute atomic E-state index is 14.8. The van der Waals surface area contributed by atoms with E-state index in [1.807, 2.05) is 50.6 Å². The molecule has 0 unspecified atom stereocenters. The molecule has 2 aromatic carbocycles. The lowest BCUT2D eigenvalue weighted by atomic mass is 9.85. The van der Waals surface area contributed by atoms with Gasteiger partial charge in [0.15, 0.2) is 5.78 Å². The molecule has 0 radical (unpaired) electrons. The number of carbonyl (C=O) groups is 4. The van der Waals surface area contributed by atoms with Crippen molar-refractivity contribution in [2.45, 2.75) is 75.5 Å². The van der Waals surface area contributed by atoms with Crippen LogP contribution in [0.2, 0.25) is 0 Å². The van der Waals surface area contributed by atoms with Crippen LogP contribution in [0.1, 0.15) is 64.4 Å². The molecule has 0 aliphatic heterocycles. The van der Waals surface area contributed by atoms with Gasteiger partial charge in [0.2, 0.25) is 17.7 Å². The van der Waals surface area contributed by atoms with Crippen molar-refractivity contribution in [3.05, 3.63) is 72.8 Å². The minimum absolute atomic E-state index is 0.0441. The zero-order chi connectivity index (χ0) is 38.3. The van der Waals surface area contributed by atoms with Gasteiger partial charge in [0.25, 0.3) is 5.91 Å². The Morgan fingerprint density at radius 3 is 1.88 bits per heavy atom. The molecular weight excluding hydrogens is 724 g/mol. The average Bonchev–Trinajstić information content (AvgIpc) is 3.12. The first-order valence-electron chi connectivity index (χ1n) is 16.9. The molecule has 52 heavy (non-hydrogen) atoms. The van der Waals surface area contributed by atoms with Gasteiger partial charge in [-0.1, -0.05) is 41.0 Å². The second kappa shape index (κ2) is 20.2. The van der Waals surface area contributed by atoms with Gasteiger partial charge in [-0.3, -0.25) is 24.2 Å². The number of amides is 4. The molecule has 0 aliphatic carbocycles. The van der Waals surface area contributed by atoms with E-state index in [1.165, 1.54) is 23.5 Å². The Morgan fingerprint density at radius 2 is 1.42 bits per heavy atom. The molecule has 0 aliphatic rings. The van der Waals surface area contributed by atoms with Crippen molar-refractivity contribution in [3.63, 3.8) is 0 Å². The Balaban J connectivity index is 1.81. The van der Waals surface area contributed by atoms with E-state index in [0.29, 0.717) is 24.3 Å². The van der Waals surface area contributed by atoms with Crippen molar-refractivity contribution in [3.8, 4) is 11.5 Å². The summed E-state index contributed by atoms with van der Waals surface area (Å²) in [5.74, 6) is -2.66. The first-order chi connectivity index (χ1) is 24.7. The van der Waals surface area contributed by atoms with E-state index in [1.54, 1.807) is 68.6 Å². The van der Waals surface area contributed by atoms with Crippen LogP contribution in [0.3, 0.4) is 0 Å². The van der Waals surface area contributed by atoms with E-state index >= 15 is 0 Å². The van der Waals surface area contributed by atoms with Crippen molar-refractivity contribution in [1.29, 1.82) is 0 Å². The summed E-state index contributed by atoms with van der Waals surface area (Å²) in [6, 6.07) is 13.1. The zero-order valence-electron chi connectivity index (χ0n) is 30.7. The lowest BCUT2D eigenvalue weighted by Gasteiger charge is -2.35. The van der Waals surface area contributed by atoms with Crippen molar-refractivity contribution in [1.82, 2.24) is 30.8 Å². The quantitative estimate of drug-likeness (QED) is 0.0964. The number of hydrogen-bond acceptors (Lipinski definition) is 11. The van der Waals surface area contributed by atoms with E-state index < -0.39 is 55.0 Å². The Bertz CT molecular complexity index is 1620. The molecule has 282 valence electrons. The van der Waals surface area contributed by atoms with Crippen molar-refractivity contribution in [2.75, 3.05) is 32.1 Å². The van der Waals surface area contributed by atoms with Gasteiger partial charge in [-0.05, 0) is 79.3 Å². The molecule has 3 aromatic rings. The van der Waals surface area contributed by atoms with Gasteiger partial charge in [-0.2, -0.15) is 0 Å². The van der Waals surface area contributed by atoms with Crippen LogP contribution in [0.5, 0.6) is 11.5 Å². The second-order valence-electron chi connectivity index (χ2n) is 12.8. The molecule has 0 bridgehead atoms. The first-order valence-corrected chi connectivity index (χ1v) is 21.0. The average molecular weight is 773 g/mol. The molecular formula is C36H49N6O7PS2. The van der Waals surface area contributed by atoms with Crippen LogP contribution < -0.4 is 25.0 Å². The van der Waals surface area contributed by atoms with Gasteiger partial charge in [-0.25, -0.2) is 9.55 Å². The third kappa shape index (κ3) is 12.9. The molecule has 1 heterocycles. The summed E-state index contributed by atoms with van der Waals surface area (Å²) in [4.78, 5) is 64.3. The highest BCUT2D eigenvalue weighted by molar-refractivity contribution is 7.98. The summed E-state index contributed by atoms with van der Waals surface area (Å²) < 4.78 is 27.0. The van der Waals surface area contributed by atoms with Crippen LogP contribution in [-0.2, 0) is 18.9 Å². The SMILES string of the molecule is CCC[C@H](NC(=O)CN(CCC)C(=O)[C@@H](NC(=O)CNC(=O)c1cnccn1)C(C)(C)C)P(=O)(Oc1ccc(SC)cc1)Oc1ccc(SC)cc1. The van der Waals surface area contributed by atoms with Gasteiger partial charge in [0.05, 0.1) is 19.3 Å². The molecule has 0 fully saturated rings. The molecule has 1 aromatic heterocycles. The smallest absolute Gasteiger partial charge is 0.415 e. The summed E-state index contributed by atoms with van der Waals surface area (Å²) in [6.07, 6.45) is 9.28. The molecule has 0 saturated carbocycles. The number of carbonyl (C=O) groups excluding carboxylic acids is 4. The van der Waals surface area contributed by atoms with Crippen LogP contribution >= 0.6 is 31.1 Å². The molecule has 13 nitrogen and oxygen atoms in total. The number of rotatable bonds is 19. The highest BCUT2D eigenvalue weighted by Crippen LogP contribution is 2.53. The number of nitrogens with zero attached hydrogens (tertiary/aromatic N) is 3. The van der Waals surface area contributed by atoms with Crippen molar-refractivity contribution >= 4 is 54.7 Å². The molecule has 0 spiro atoms. The van der Waals surface area contributed by atoms with Gasteiger partial charge in [0.1, 0.15) is 23.2 Å².